The van der Waals surface area contributed by atoms with Gasteiger partial charge in [0.05, 0.1) is 5.39 Å². The van der Waals surface area contributed by atoms with E-state index >= 15 is 0 Å². The minimum atomic E-state index is -0.0636. The minimum Gasteiger partial charge on any atom is -0.318 e. The molecule has 0 aliphatic heterocycles. The van der Waals surface area contributed by atoms with Crippen LogP contribution in [0.5, 0.6) is 0 Å². The van der Waals surface area contributed by atoms with Crippen molar-refractivity contribution < 1.29 is 0 Å². The lowest BCUT2D eigenvalue weighted by atomic mass is 10.2. The highest BCUT2D eigenvalue weighted by Gasteiger charge is 2.17. The second kappa shape index (κ2) is 5.70. The molecule has 0 amide bonds. The second-order valence-corrected chi connectivity index (χ2v) is 7.54. The molecule has 4 rings (SSSR count). The number of hydrogen-bond donors (Lipinski definition) is 1. The number of aromatic amines is 1. The monoisotopic (exact) mass is 349 g/mol. The number of thiophene rings is 1. The van der Waals surface area contributed by atoms with Gasteiger partial charge in [0.25, 0.3) is 5.56 Å². The van der Waals surface area contributed by atoms with E-state index in [2.05, 4.69) is 41.6 Å². The summed E-state index contributed by atoms with van der Waals surface area (Å²) in [6.45, 7) is 8.14. The van der Waals surface area contributed by atoms with Crippen LogP contribution in [-0.4, -0.2) is 14.5 Å². The van der Waals surface area contributed by atoms with Gasteiger partial charge in [0.15, 0.2) is 0 Å². The summed E-state index contributed by atoms with van der Waals surface area (Å²) in [6, 6.07) is 12.3. The van der Waals surface area contributed by atoms with Crippen LogP contribution in [0.3, 0.4) is 0 Å². The molecular weight excluding hydrogens is 330 g/mol. The number of aryl methyl sites for hydroxylation is 3. The average Bonchev–Trinajstić information content (AvgIpc) is 3.04. The van der Waals surface area contributed by atoms with Crippen molar-refractivity contribution in [1.29, 1.82) is 0 Å². The molecule has 0 radical (unpaired) electrons. The summed E-state index contributed by atoms with van der Waals surface area (Å²) in [6.07, 6.45) is 0. The van der Waals surface area contributed by atoms with Gasteiger partial charge in [-0.2, -0.15) is 0 Å². The van der Waals surface area contributed by atoms with Crippen molar-refractivity contribution in [3.05, 3.63) is 68.6 Å². The summed E-state index contributed by atoms with van der Waals surface area (Å²) in [5.74, 6) is 0.633. The fourth-order valence-electron chi connectivity index (χ4n) is 3.36. The lowest BCUT2D eigenvalue weighted by Crippen LogP contribution is -2.09. The van der Waals surface area contributed by atoms with E-state index in [4.69, 9.17) is 4.98 Å². The number of benzene rings is 1. The molecule has 3 heterocycles. The molecule has 0 unspecified atom stereocenters. The van der Waals surface area contributed by atoms with E-state index in [9.17, 15) is 4.79 Å². The molecule has 0 spiro atoms. The Morgan fingerprint density at radius 3 is 2.52 bits per heavy atom. The van der Waals surface area contributed by atoms with Gasteiger partial charge in [-0.3, -0.25) is 4.79 Å². The zero-order chi connectivity index (χ0) is 17.7. The number of hydrogen-bond acceptors (Lipinski definition) is 3. The Balaban J connectivity index is 1.95. The molecular formula is C20H19N3OS. The maximum atomic E-state index is 12.6. The first-order valence-corrected chi connectivity index (χ1v) is 9.03. The van der Waals surface area contributed by atoms with Crippen molar-refractivity contribution in [1.82, 2.24) is 14.5 Å². The van der Waals surface area contributed by atoms with Crippen LogP contribution in [-0.2, 0) is 0 Å². The molecule has 0 aliphatic carbocycles. The van der Waals surface area contributed by atoms with E-state index in [1.54, 1.807) is 11.3 Å². The van der Waals surface area contributed by atoms with Gasteiger partial charge in [0, 0.05) is 27.5 Å². The van der Waals surface area contributed by atoms with Crippen LogP contribution >= 0.6 is 11.3 Å². The largest absolute Gasteiger partial charge is 0.318 e. The van der Waals surface area contributed by atoms with E-state index in [-0.39, 0.29) is 5.56 Å². The highest BCUT2D eigenvalue weighted by Crippen LogP contribution is 2.30. The summed E-state index contributed by atoms with van der Waals surface area (Å²) >= 11 is 1.58. The zero-order valence-corrected chi connectivity index (χ0v) is 15.5. The third-order valence-corrected chi connectivity index (χ3v) is 5.84. The van der Waals surface area contributed by atoms with Crippen LogP contribution < -0.4 is 5.56 Å². The number of fused-ring (bicyclic) bond motifs is 1. The van der Waals surface area contributed by atoms with Gasteiger partial charge in [-0.15, -0.1) is 11.3 Å². The smallest absolute Gasteiger partial charge is 0.260 e. The minimum absolute atomic E-state index is 0.0636. The van der Waals surface area contributed by atoms with E-state index in [0.717, 1.165) is 37.9 Å². The molecule has 5 heteroatoms. The Morgan fingerprint density at radius 2 is 1.80 bits per heavy atom. The molecule has 1 aromatic carbocycles. The fraction of sp³-hybridized carbons (Fsp3) is 0.200. The number of para-hydroxylation sites is 1. The Morgan fingerprint density at radius 1 is 1.08 bits per heavy atom. The van der Waals surface area contributed by atoms with Crippen molar-refractivity contribution in [3.8, 4) is 17.1 Å². The number of H-pyrrole nitrogens is 1. The van der Waals surface area contributed by atoms with Crippen LogP contribution in [0.4, 0.5) is 0 Å². The van der Waals surface area contributed by atoms with E-state index in [0.29, 0.717) is 11.2 Å². The standard InChI is InChI=1S/C20H19N3OS/c1-11-10-16(13(3)23(11)15-8-6-5-7-9-15)18-21-19(24)17-12(2)14(4)25-20(17)22-18/h5-10H,1-4H3,(H,21,22,24). The summed E-state index contributed by atoms with van der Waals surface area (Å²) in [5, 5.41) is 0.711. The van der Waals surface area contributed by atoms with Gasteiger partial charge in [-0.05, 0) is 51.5 Å². The molecule has 0 fully saturated rings. The normalized spacial score (nSPS) is 11.4. The lowest BCUT2D eigenvalue weighted by molar-refractivity contribution is 0.965. The number of rotatable bonds is 2. The zero-order valence-electron chi connectivity index (χ0n) is 14.7. The van der Waals surface area contributed by atoms with Gasteiger partial charge < -0.3 is 9.55 Å². The van der Waals surface area contributed by atoms with Crippen LogP contribution in [0.1, 0.15) is 21.8 Å². The summed E-state index contributed by atoms with van der Waals surface area (Å²) in [5.41, 5.74) is 5.21. The molecule has 25 heavy (non-hydrogen) atoms. The highest BCUT2D eigenvalue weighted by atomic mass is 32.1. The first-order chi connectivity index (χ1) is 12.0. The summed E-state index contributed by atoms with van der Waals surface area (Å²) < 4.78 is 2.18. The average molecular weight is 349 g/mol. The first-order valence-electron chi connectivity index (χ1n) is 8.22. The molecule has 0 saturated carbocycles. The summed E-state index contributed by atoms with van der Waals surface area (Å²) in [7, 11) is 0. The maximum absolute atomic E-state index is 12.6. The number of aromatic nitrogens is 3. The van der Waals surface area contributed by atoms with Crippen LogP contribution in [0, 0.1) is 27.7 Å². The topological polar surface area (TPSA) is 50.7 Å². The SMILES string of the molecule is Cc1sc2nc(-c3cc(C)n(-c4ccccc4)c3C)[nH]c(=O)c2c1C. The Kier molecular flexibility index (Phi) is 3.62. The Hall–Kier alpha value is -2.66. The fourth-order valence-corrected chi connectivity index (χ4v) is 4.39. The van der Waals surface area contributed by atoms with Gasteiger partial charge in [0.2, 0.25) is 0 Å². The molecule has 3 aromatic heterocycles. The van der Waals surface area contributed by atoms with Crippen LogP contribution in [0.15, 0.2) is 41.2 Å². The number of nitrogens with one attached hydrogen (secondary N) is 1. The third-order valence-electron chi connectivity index (χ3n) is 4.74. The summed E-state index contributed by atoms with van der Waals surface area (Å²) in [4.78, 5) is 22.3. The quantitative estimate of drug-likeness (QED) is 0.571. The van der Waals surface area contributed by atoms with E-state index in [1.165, 1.54) is 0 Å². The predicted octanol–water partition coefficient (Wildman–Crippen LogP) is 4.68. The van der Waals surface area contributed by atoms with Gasteiger partial charge in [-0.1, -0.05) is 18.2 Å². The molecule has 0 saturated heterocycles. The Bertz CT molecular complexity index is 1150. The molecule has 4 aromatic rings. The second-order valence-electron chi connectivity index (χ2n) is 6.33. The van der Waals surface area contributed by atoms with Crippen molar-refractivity contribution >= 4 is 21.6 Å². The molecule has 0 aliphatic rings. The molecule has 126 valence electrons. The van der Waals surface area contributed by atoms with E-state index < -0.39 is 0 Å². The Labute approximate surface area is 149 Å². The van der Waals surface area contributed by atoms with Gasteiger partial charge in [0.1, 0.15) is 10.7 Å². The van der Waals surface area contributed by atoms with Crippen LogP contribution in [0.25, 0.3) is 27.3 Å². The maximum Gasteiger partial charge on any atom is 0.260 e. The van der Waals surface area contributed by atoms with Crippen molar-refractivity contribution in [2.75, 3.05) is 0 Å². The molecule has 1 N–H and O–H groups in total. The van der Waals surface area contributed by atoms with Gasteiger partial charge in [-0.25, -0.2) is 4.98 Å². The molecule has 0 bridgehead atoms. The lowest BCUT2D eigenvalue weighted by Gasteiger charge is -2.09. The van der Waals surface area contributed by atoms with Crippen molar-refractivity contribution in [2.24, 2.45) is 0 Å². The highest BCUT2D eigenvalue weighted by molar-refractivity contribution is 7.18. The number of nitrogens with zero attached hydrogens (tertiary/aromatic N) is 2. The van der Waals surface area contributed by atoms with Crippen molar-refractivity contribution in [2.45, 2.75) is 27.7 Å². The van der Waals surface area contributed by atoms with Crippen LogP contribution in [0.2, 0.25) is 0 Å². The van der Waals surface area contributed by atoms with Gasteiger partial charge >= 0.3 is 0 Å². The molecule has 0 atom stereocenters. The van der Waals surface area contributed by atoms with E-state index in [1.807, 2.05) is 32.0 Å². The first kappa shape index (κ1) is 15.8. The van der Waals surface area contributed by atoms with Crippen molar-refractivity contribution in [3.63, 3.8) is 0 Å². The molecule has 4 nitrogen and oxygen atoms in total. The third kappa shape index (κ3) is 2.43. The predicted molar refractivity (Wildman–Crippen MR) is 104 cm³/mol.